The molecule has 0 N–H and O–H groups in total. The second-order valence-electron chi connectivity index (χ2n) is 6.43. The minimum Gasteiger partial charge on any atom is -0.467 e. The number of halogens is 4. The summed E-state index contributed by atoms with van der Waals surface area (Å²) in [5.41, 5.74) is 0. The van der Waals surface area contributed by atoms with E-state index in [9.17, 15) is 9.59 Å². The normalized spacial score (nSPS) is 12.1. The van der Waals surface area contributed by atoms with E-state index in [0.717, 1.165) is 38.5 Å². The molecule has 0 saturated heterocycles. The molecule has 154 valence electrons. The minimum atomic E-state index is -0.732. The number of hydrogen-bond donors (Lipinski definition) is 0. The summed E-state index contributed by atoms with van der Waals surface area (Å²) in [5.74, 6) is -0.553. The Hall–Kier alpha value is 0.860. The fourth-order valence-electron chi connectivity index (χ4n) is 2.61. The Kier molecular flexibility index (Phi) is 15.3. The Morgan fingerprint density at radius 2 is 0.808 bits per heavy atom. The lowest BCUT2D eigenvalue weighted by Gasteiger charge is -2.17. The summed E-state index contributed by atoms with van der Waals surface area (Å²) in [5, 5.41) is 0. The zero-order valence-electron chi connectivity index (χ0n) is 15.6. The number of ether oxygens (including phenoxy) is 2. The molecule has 0 heterocycles. The number of rotatable bonds is 15. The van der Waals surface area contributed by atoms with Crippen LogP contribution in [0.25, 0.3) is 0 Å². The van der Waals surface area contributed by atoms with Crippen LogP contribution < -0.4 is 0 Å². The molecule has 0 rings (SSSR count). The maximum absolute atomic E-state index is 11.5. The van der Waals surface area contributed by atoms with Gasteiger partial charge >= 0.3 is 11.9 Å². The third kappa shape index (κ3) is 12.3. The van der Waals surface area contributed by atoms with Gasteiger partial charge in [0.1, 0.15) is 0 Å². The molecular formula is C18H30Br4O4. The lowest BCUT2D eigenvalue weighted by atomic mass is 10.0. The number of hydrogen-bond acceptors (Lipinski definition) is 4. The Labute approximate surface area is 191 Å². The third-order valence-electron chi connectivity index (χ3n) is 4.20. The number of carbonyl (C=O) groups excluding carboxylic acids is 2. The van der Waals surface area contributed by atoms with Gasteiger partial charge in [-0.1, -0.05) is 128 Å². The molecule has 26 heavy (non-hydrogen) atoms. The van der Waals surface area contributed by atoms with Crippen molar-refractivity contribution in [3.8, 4) is 0 Å². The Bertz CT molecular complexity index is 376. The molecular weight excluding hydrogens is 600 g/mol. The predicted molar refractivity (Wildman–Crippen MR) is 121 cm³/mol. The highest BCUT2D eigenvalue weighted by atomic mass is 79.9. The molecule has 0 aromatic heterocycles. The highest BCUT2D eigenvalue weighted by Gasteiger charge is 2.33. The van der Waals surface area contributed by atoms with Crippen LogP contribution in [0.5, 0.6) is 0 Å². The van der Waals surface area contributed by atoms with Gasteiger partial charge in [-0.2, -0.15) is 0 Å². The maximum Gasteiger partial charge on any atom is 0.333 e. The highest BCUT2D eigenvalue weighted by molar-refractivity contribution is 9.26. The molecule has 4 nitrogen and oxygen atoms in total. The van der Waals surface area contributed by atoms with Crippen LogP contribution in [0.4, 0.5) is 0 Å². The molecule has 0 spiro atoms. The highest BCUT2D eigenvalue weighted by Crippen LogP contribution is 2.34. The number of alkyl halides is 4. The third-order valence-corrected chi connectivity index (χ3v) is 7.08. The molecule has 0 aromatic rings. The summed E-state index contributed by atoms with van der Waals surface area (Å²) in [4.78, 5) is 23.0. The summed E-state index contributed by atoms with van der Waals surface area (Å²) in [6, 6.07) is 0. The van der Waals surface area contributed by atoms with Gasteiger partial charge in [0.15, 0.2) is 6.47 Å². The zero-order valence-corrected chi connectivity index (χ0v) is 22.0. The number of esters is 2. The van der Waals surface area contributed by atoms with E-state index in [2.05, 4.69) is 63.7 Å². The van der Waals surface area contributed by atoms with Crippen LogP contribution in [0.3, 0.4) is 0 Å². The van der Waals surface area contributed by atoms with Crippen molar-refractivity contribution in [2.24, 2.45) is 0 Å². The fourth-order valence-corrected chi connectivity index (χ4v) is 4.38. The van der Waals surface area contributed by atoms with Gasteiger partial charge in [-0.3, -0.25) is 0 Å². The zero-order chi connectivity index (χ0) is 20.1. The summed E-state index contributed by atoms with van der Waals surface area (Å²) in [7, 11) is 2.80. The molecule has 0 atom stereocenters. The first-order chi connectivity index (χ1) is 12.2. The largest absolute Gasteiger partial charge is 0.467 e. The molecule has 0 fully saturated rings. The van der Waals surface area contributed by atoms with Crippen molar-refractivity contribution >= 4 is 75.7 Å². The number of methoxy groups -OCH3 is 2. The van der Waals surface area contributed by atoms with E-state index in [1.807, 2.05) is 0 Å². The first-order valence-corrected chi connectivity index (χ1v) is 12.3. The van der Waals surface area contributed by atoms with E-state index in [4.69, 9.17) is 9.47 Å². The van der Waals surface area contributed by atoms with Gasteiger partial charge in [-0.05, 0) is 12.8 Å². The molecule has 0 unspecified atom stereocenters. The summed E-state index contributed by atoms with van der Waals surface area (Å²) in [6.45, 7) is 0. The molecule has 0 aliphatic heterocycles. The molecule has 0 aliphatic rings. The van der Waals surface area contributed by atoms with Crippen LogP contribution in [0.15, 0.2) is 0 Å². The first-order valence-electron chi connectivity index (χ1n) is 9.10. The van der Waals surface area contributed by atoms with Crippen molar-refractivity contribution in [2.75, 3.05) is 14.2 Å². The topological polar surface area (TPSA) is 52.6 Å². The van der Waals surface area contributed by atoms with Gasteiger partial charge in [0.05, 0.1) is 14.2 Å². The average molecular weight is 630 g/mol. The van der Waals surface area contributed by atoms with Crippen molar-refractivity contribution in [1.82, 2.24) is 0 Å². The van der Waals surface area contributed by atoms with Crippen LogP contribution in [-0.4, -0.2) is 32.6 Å². The van der Waals surface area contributed by atoms with E-state index < -0.39 is 6.47 Å². The van der Waals surface area contributed by atoms with E-state index in [-0.39, 0.29) is 11.9 Å². The number of carbonyl (C=O) groups is 2. The smallest absolute Gasteiger partial charge is 0.333 e. The summed E-state index contributed by atoms with van der Waals surface area (Å²) >= 11 is 13.5. The molecule has 0 saturated carbocycles. The van der Waals surface area contributed by atoms with Crippen LogP contribution in [-0.2, 0) is 19.1 Å². The van der Waals surface area contributed by atoms with Crippen LogP contribution in [0.2, 0.25) is 0 Å². The van der Waals surface area contributed by atoms with E-state index >= 15 is 0 Å². The van der Waals surface area contributed by atoms with Crippen LogP contribution in [0, 0.1) is 0 Å². The maximum atomic E-state index is 11.5. The minimum absolute atomic E-state index is 0.277. The van der Waals surface area contributed by atoms with Crippen molar-refractivity contribution in [3.63, 3.8) is 0 Å². The molecule has 0 bridgehead atoms. The van der Waals surface area contributed by atoms with Gasteiger partial charge < -0.3 is 9.47 Å². The first kappa shape index (κ1) is 26.9. The molecule has 0 aromatic carbocycles. The van der Waals surface area contributed by atoms with Gasteiger partial charge in [0, 0.05) is 0 Å². The SMILES string of the molecule is COC(=O)C(Br)(Br)CCCCCCCCCCCCC(Br)(Br)C(=O)OC. The molecule has 0 amide bonds. The fraction of sp³-hybridized carbons (Fsp3) is 0.889. The van der Waals surface area contributed by atoms with E-state index in [1.54, 1.807) is 0 Å². The molecule has 8 heteroatoms. The predicted octanol–water partition coefficient (Wildman–Crippen LogP) is 6.99. The Morgan fingerprint density at radius 1 is 0.577 bits per heavy atom. The van der Waals surface area contributed by atoms with Crippen LogP contribution in [0.1, 0.15) is 77.0 Å². The van der Waals surface area contributed by atoms with Gasteiger partial charge in [0.25, 0.3) is 0 Å². The molecule has 0 radical (unpaired) electrons. The quantitative estimate of drug-likeness (QED) is 0.111. The van der Waals surface area contributed by atoms with E-state index in [0.29, 0.717) is 0 Å². The summed E-state index contributed by atoms with van der Waals surface area (Å²) < 4.78 is 8.02. The standard InChI is InChI=1S/C18H30Br4O4/c1-25-15(23)17(19,20)13-11-9-7-5-3-4-6-8-10-12-14-18(21,22)16(24)26-2/h3-14H2,1-2H3. The molecule has 0 aliphatic carbocycles. The van der Waals surface area contributed by atoms with Crippen molar-refractivity contribution in [1.29, 1.82) is 0 Å². The lowest BCUT2D eigenvalue weighted by Crippen LogP contribution is -2.25. The van der Waals surface area contributed by atoms with Gasteiger partial charge in [-0.25, -0.2) is 9.59 Å². The Morgan fingerprint density at radius 3 is 1.04 bits per heavy atom. The second kappa shape index (κ2) is 14.8. The van der Waals surface area contributed by atoms with E-state index in [1.165, 1.54) is 52.7 Å². The van der Waals surface area contributed by atoms with Gasteiger partial charge in [0.2, 0.25) is 0 Å². The Balaban J connectivity index is 3.47. The second-order valence-corrected chi connectivity index (χ2v) is 14.0. The van der Waals surface area contributed by atoms with Crippen molar-refractivity contribution in [2.45, 2.75) is 83.5 Å². The van der Waals surface area contributed by atoms with Crippen molar-refractivity contribution in [3.05, 3.63) is 0 Å². The monoisotopic (exact) mass is 626 g/mol. The number of unbranched alkanes of at least 4 members (excludes halogenated alkanes) is 9. The average Bonchev–Trinajstić information content (AvgIpc) is 2.60. The van der Waals surface area contributed by atoms with Crippen LogP contribution >= 0.6 is 63.7 Å². The van der Waals surface area contributed by atoms with Gasteiger partial charge in [-0.15, -0.1) is 0 Å². The summed E-state index contributed by atoms with van der Waals surface area (Å²) in [6.07, 6.45) is 13.1. The lowest BCUT2D eigenvalue weighted by molar-refractivity contribution is -0.141. The van der Waals surface area contributed by atoms with Crippen molar-refractivity contribution < 1.29 is 19.1 Å².